The summed E-state index contributed by atoms with van der Waals surface area (Å²) >= 11 is 1.44. The van der Waals surface area contributed by atoms with Gasteiger partial charge in [-0.1, -0.05) is 6.08 Å². The van der Waals surface area contributed by atoms with Gasteiger partial charge in [0.2, 0.25) is 11.2 Å². The highest BCUT2D eigenvalue weighted by Crippen LogP contribution is 2.46. The molecule has 1 N–H and O–H groups in total. The molecule has 1 aliphatic carbocycles. The number of carbonyl (C=O) groups excluding carboxylic acids is 1. The van der Waals surface area contributed by atoms with Crippen molar-refractivity contribution in [2.45, 2.75) is 37.8 Å². The fraction of sp³-hybridized carbons (Fsp3) is 0.308. The lowest BCUT2D eigenvalue weighted by Gasteiger charge is -2.53. The molecule has 1 amide bonds. The summed E-state index contributed by atoms with van der Waals surface area (Å²) in [6.07, 6.45) is 7.31. The van der Waals surface area contributed by atoms with Crippen LogP contribution in [0.25, 0.3) is 0 Å². The van der Waals surface area contributed by atoms with Crippen LogP contribution in [0.4, 0.5) is 8.78 Å². The van der Waals surface area contributed by atoms with Crippen molar-refractivity contribution in [3.8, 4) is 11.5 Å². The van der Waals surface area contributed by atoms with E-state index in [1.807, 2.05) is 24.4 Å². The first-order chi connectivity index (χ1) is 17.3. The quantitative estimate of drug-likeness (QED) is 0.496. The highest BCUT2D eigenvalue weighted by atomic mass is 32.1. The molecule has 2 bridgehead atoms. The fourth-order valence-electron chi connectivity index (χ4n) is 5.36. The van der Waals surface area contributed by atoms with Crippen molar-refractivity contribution in [1.82, 2.24) is 9.58 Å². The van der Waals surface area contributed by atoms with E-state index in [1.165, 1.54) is 34.3 Å². The first kappa shape index (κ1) is 22.8. The van der Waals surface area contributed by atoms with Crippen LogP contribution in [0.1, 0.15) is 51.8 Å². The maximum absolute atomic E-state index is 15.2. The third-order valence-corrected chi connectivity index (χ3v) is 8.47. The molecule has 7 nitrogen and oxygen atoms in total. The minimum Gasteiger partial charge on any atom is -0.502 e. The van der Waals surface area contributed by atoms with Gasteiger partial charge in [0, 0.05) is 22.7 Å². The van der Waals surface area contributed by atoms with Gasteiger partial charge in [0.25, 0.3) is 5.91 Å². The van der Waals surface area contributed by atoms with Gasteiger partial charge in [-0.15, -0.1) is 11.3 Å². The van der Waals surface area contributed by atoms with Gasteiger partial charge < -0.3 is 14.7 Å². The predicted molar refractivity (Wildman–Crippen MR) is 130 cm³/mol. The summed E-state index contributed by atoms with van der Waals surface area (Å²) < 4.78 is 36.8. The Morgan fingerprint density at radius 3 is 2.67 bits per heavy atom. The number of hydrogen-bond acceptors (Lipinski definition) is 6. The number of thiophene rings is 1. The van der Waals surface area contributed by atoms with Crippen LogP contribution in [0.15, 0.2) is 52.8 Å². The van der Waals surface area contributed by atoms with Gasteiger partial charge >= 0.3 is 0 Å². The van der Waals surface area contributed by atoms with Gasteiger partial charge in [-0.2, -0.15) is 4.39 Å². The Morgan fingerprint density at radius 1 is 1.17 bits per heavy atom. The van der Waals surface area contributed by atoms with Crippen molar-refractivity contribution in [2.75, 3.05) is 18.3 Å². The van der Waals surface area contributed by atoms with Crippen molar-refractivity contribution in [3.05, 3.63) is 91.6 Å². The normalized spacial score (nSPS) is 21.2. The van der Waals surface area contributed by atoms with Gasteiger partial charge in [0.15, 0.2) is 23.0 Å². The maximum Gasteiger partial charge on any atom is 0.278 e. The smallest absolute Gasteiger partial charge is 0.278 e. The molecule has 2 aromatic heterocycles. The standard InChI is InChI=1S/C26H23F2N3O4S/c1-15-7-13-36-24(15)20-16-4-5-17(27)19(28)23(16)35-12-3-10-26(8-2-9-26)29-14-31(20)30-11-6-18(32)22(33)21(30)25(29)34/h3-7,10-11,13,20,33H,2,8-9,12,14H2,1H3/b10-3+/t20-/m1/s1. The van der Waals surface area contributed by atoms with Crippen LogP contribution in [-0.2, 0) is 0 Å². The average molecular weight is 512 g/mol. The van der Waals surface area contributed by atoms with Crippen LogP contribution in [-0.4, -0.2) is 39.4 Å². The fourth-order valence-corrected chi connectivity index (χ4v) is 6.41. The second kappa shape index (κ2) is 8.19. The number of hydrogen-bond donors (Lipinski definition) is 1. The Morgan fingerprint density at radius 2 is 1.97 bits per heavy atom. The molecular formula is C26H23F2N3O4S. The molecule has 0 radical (unpaired) electrons. The average Bonchev–Trinajstić information content (AvgIpc) is 3.24. The van der Waals surface area contributed by atoms with Crippen LogP contribution in [0.3, 0.4) is 0 Å². The summed E-state index contributed by atoms with van der Waals surface area (Å²) in [5.74, 6) is -3.43. The van der Waals surface area contributed by atoms with Crippen molar-refractivity contribution in [2.24, 2.45) is 0 Å². The molecule has 3 aliphatic rings. The van der Waals surface area contributed by atoms with Crippen LogP contribution in [0, 0.1) is 18.6 Å². The molecule has 10 heteroatoms. The van der Waals surface area contributed by atoms with E-state index in [9.17, 15) is 19.1 Å². The number of fused-ring (bicyclic) bond motifs is 6. The number of halogens is 2. The number of nitrogens with zero attached hydrogens (tertiary/aromatic N) is 3. The Hall–Kier alpha value is -3.66. The summed E-state index contributed by atoms with van der Waals surface area (Å²) in [5.41, 5.74) is -0.174. The molecule has 1 saturated carbocycles. The number of amides is 1. The number of aromatic nitrogens is 1. The number of aryl methyl sites for hydroxylation is 1. The summed E-state index contributed by atoms with van der Waals surface area (Å²) in [4.78, 5) is 28.7. The van der Waals surface area contributed by atoms with E-state index in [4.69, 9.17) is 4.74 Å². The Bertz CT molecular complexity index is 1480. The van der Waals surface area contributed by atoms with Crippen molar-refractivity contribution < 1.29 is 23.4 Å². The largest absolute Gasteiger partial charge is 0.502 e. The van der Waals surface area contributed by atoms with Crippen molar-refractivity contribution in [3.63, 3.8) is 0 Å². The van der Waals surface area contributed by atoms with E-state index in [0.29, 0.717) is 18.4 Å². The molecule has 3 aromatic rings. The monoisotopic (exact) mass is 511 g/mol. The Balaban J connectivity index is 1.68. The molecule has 0 saturated heterocycles. The lowest BCUT2D eigenvalue weighted by Crippen LogP contribution is -2.64. The third-order valence-electron chi connectivity index (χ3n) is 7.40. The van der Waals surface area contributed by atoms with Gasteiger partial charge in [0.05, 0.1) is 5.54 Å². The zero-order valence-electron chi connectivity index (χ0n) is 19.4. The number of ether oxygens (including phenoxy) is 1. The van der Waals surface area contributed by atoms with E-state index in [2.05, 4.69) is 0 Å². The predicted octanol–water partition coefficient (Wildman–Crippen LogP) is 4.21. The van der Waals surface area contributed by atoms with Crippen LogP contribution < -0.4 is 15.2 Å². The van der Waals surface area contributed by atoms with E-state index < -0.39 is 40.3 Å². The first-order valence-electron chi connectivity index (χ1n) is 11.7. The molecule has 1 fully saturated rings. The third kappa shape index (κ3) is 3.20. The molecule has 0 unspecified atom stereocenters. The van der Waals surface area contributed by atoms with Crippen LogP contribution in [0.2, 0.25) is 0 Å². The Kier molecular flexibility index (Phi) is 5.18. The van der Waals surface area contributed by atoms with E-state index in [0.717, 1.165) is 22.9 Å². The minimum absolute atomic E-state index is 0.0106. The van der Waals surface area contributed by atoms with Crippen LogP contribution >= 0.6 is 11.3 Å². The Labute approximate surface area is 209 Å². The lowest BCUT2D eigenvalue weighted by atomic mass is 9.74. The topological polar surface area (TPSA) is 75.0 Å². The number of pyridine rings is 1. The highest BCUT2D eigenvalue weighted by Gasteiger charge is 2.49. The molecule has 1 atom stereocenters. The van der Waals surface area contributed by atoms with Gasteiger partial charge in [0.1, 0.15) is 19.3 Å². The van der Waals surface area contributed by atoms with Gasteiger partial charge in [-0.05, 0) is 61.4 Å². The second-order valence-electron chi connectivity index (χ2n) is 9.36. The molecule has 186 valence electrons. The highest BCUT2D eigenvalue weighted by molar-refractivity contribution is 7.10. The molecule has 2 aliphatic heterocycles. The number of rotatable bonds is 1. The molecular weight excluding hydrogens is 488 g/mol. The van der Waals surface area contributed by atoms with Crippen LogP contribution in [0.5, 0.6) is 11.5 Å². The summed E-state index contributed by atoms with van der Waals surface area (Å²) in [7, 11) is 0. The zero-order valence-corrected chi connectivity index (χ0v) is 20.2. The summed E-state index contributed by atoms with van der Waals surface area (Å²) in [6.45, 7) is 2.01. The van der Waals surface area contributed by atoms with E-state index in [1.54, 1.807) is 16.0 Å². The molecule has 4 heterocycles. The summed E-state index contributed by atoms with van der Waals surface area (Å²) in [5, 5.41) is 14.5. The number of carbonyl (C=O) groups is 1. The lowest BCUT2D eigenvalue weighted by molar-refractivity contribution is 0.0256. The first-order valence-corrected chi connectivity index (χ1v) is 12.6. The number of benzene rings is 1. The molecule has 1 aromatic carbocycles. The molecule has 36 heavy (non-hydrogen) atoms. The SMILES string of the molecule is Cc1ccsc1[C@H]1c2ccc(F)c(F)c2OC/C=C/C2(CCC2)N2CN1n1ccc(=O)c(O)c1C2=O. The van der Waals surface area contributed by atoms with Crippen molar-refractivity contribution >= 4 is 17.2 Å². The van der Waals surface area contributed by atoms with Crippen molar-refractivity contribution in [1.29, 1.82) is 0 Å². The zero-order chi connectivity index (χ0) is 25.2. The van der Waals surface area contributed by atoms with E-state index in [-0.39, 0.29) is 24.7 Å². The minimum atomic E-state index is -1.09. The number of aromatic hydroxyl groups is 1. The molecule has 1 spiro atoms. The molecule has 6 rings (SSSR count). The maximum atomic E-state index is 15.2. The summed E-state index contributed by atoms with van der Waals surface area (Å²) in [6, 6.07) is 4.96. The second-order valence-corrected chi connectivity index (χ2v) is 10.3. The van der Waals surface area contributed by atoms with Gasteiger partial charge in [-0.25, -0.2) is 4.39 Å². The van der Waals surface area contributed by atoms with E-state index >= 15 is 4.39 Å². The van der Waals surface area contributed by atoms with Gasteiger partial charge in [-0.3, -0.25) is 19.3 Å².